The molecule has 2 heterocycles. The van der Waals surface area contributed by atoms with Gasteiger partial charge >= 0.3 is 5.97 Å². The van der Waals surface area contributed by atoms with Gasteiger partial charge in [0.1, 0.15) is 11.2 Å². The van der Waals surface area contributed by atoms with Gasteiger partial charge in [-0.05, 0) is 18.9 Å². The number of carboxylic acid groups (broad SMARTS) is 1. The summed E-state index contributed by atoms with van der Waals surface area (Å²) in [4.78, 5) is 31.3. The summed E-state index contributed by atoms with van der Waals surface area (Å²) in [6, 6.07) is 0.648. The van der Waals surface area contributed by atoms with Gasteiger partial charge in [0.25, 0.3) is 11.8 Å². The number of hydrogen-bond donors (Lipinski definition) is 2. The van der Waals surface area contributed by atoms with Crippen LogP contribution in [0.5, 0.6) is 5.88 Å². The summed E-state index contributed by atoms with van der Waals surface area (Å²) >= 11 is 0. The van der Waals surface area contributed by atoms with E-state index in [4.69, 9.17) is 0 Å². The number of carbonyl (C=O) groups excluding carboxylic acids is 1. The van der Waals surface area contributed by atoms with E-state index in [2.05, 4.69) is 20.0 Å². The van der Waals surface area contributed by atoms with E-state index in [1.54, 1.807) is 20.8 Å². The first-order valence-electron chi connectivity index (χ1n) is 6.75. The highest BCUT2D eigenvalue weighted by Gasteiger charge is 2.43. The fourth-order valence-electron chi connectivity index (χ4n) is 2.02. The summed E-state index contributed by atoms with van der Waals surface area (Å²) < 4.78 is 30.3. The van der Waals surface area contributed by atoms with Gasteiger partial charge in [-0.1, -0.05) is 13.8 Å². The van der Waals surface area contributed by atoms with E-state index >= 15 is 0 Å². The predicted octanol–water partition coefficient (Wildman–Crippen LogP) is 1.52. The molecule has 1 aromatic rings. The quantitative estimate of drug-likeness (QED) is 0.854. The number of aliphatic imine (C=N–C) groups is 1. The Morgan fingerprint density at radius 1 is 1.52 bits per heavy atom. The molecule has 0 aromatic carbocycles. The van der Waals surface area contributed by atoms with Crippen molar-refractivity contribution in [2.24, 2.45) is 10.9 Å². The van der Waals surface area contributed by atoms with Crippen LogP contribution in [0.25, 0.3) is 0 Å². The number of nitrogens with one attached hydrogen (secondary N) is 1. The van der Waals surface area contributed by atoms with Crippen molar-refractivity contribution in [1.82, 2.24) is 10.3 Å². The van der Waals surface area contributed by atoms with Crippen LogP contribution in [0, 0.1) is 11.7 Å². The van der Waals surface area contributed by atoms with E-state index in [0.29, 0.717) is 6.07 Å². The fourth-order valence-corrected chi connectivity index (χ4v) is 2.02. The minimum absolute atomic E-state index is 0.118. The first-order chi connectivity index (χ1) is 10.7. The SMILES string of the molecule is CC(C)C1(C)N=C(c2nc(OCF)c(F)cc2C(=O)O)NC1=O. The summed E-state index contributed by atoms with van der Waals surface area (Å²) in [5.41, 5.74) is -1.91. The molecule has 2 rings (SSSR count). The lowest BCUT2D eigenvalue weighted by Gasteiger charge is -2.21. The highest BCUT2D eigenvalue weighted by Crippen LogP contribution is 2.28. The number of amidine groups is 1. The first-order valence-corrected chi connectivity index (χ1v) is 6.75. The van der Waals surface area contributed by atoms with Crippen molar-refractivity contribution in [2.45, 2.75) is 26.3 Å². The first kappa shape index (κ1) is 16.8. The van der Waals surface area contributed by atoms with Crippen LogP contribution >= 0.6 is 0 Å². The summed E-state index contributed by atoms with van der Waals surface area (Å²) in [5.74, 6) is -4.02. The van der Waals surface area contributed by atoms with E-state index in [1.807, 2.05) is 0 Å². The number of aromatic carboxylic acids is 1. The normalized spacial score (nSPS) is 20.4. The Bertz CT molecular complexity index is 706. The number of ether oxygens (including phenoxy) is 1. The summed E-state index contributed by atoms with van der Waals surface area (Å²) in [5, 5.41) is 11.6. The Morgan fingerprint density at radius 3 is 2.65 bits per heavy atom. The predicted molar refractivity (Wildman–Crippen MR) is 75.7 cm³/mol. The van der Waals surface area contributed by atoms with Crippen molar-refractivity contribution in [3.05, 3.63) is 23.1 Å². The lowest BCUT2D eigenvalue weighted by atomic mass is 9.89. The van der Waals surface area contributed by atoms with Gasteiger partial charge in [0.2, 0.25) is 6.86 Å². The van der Waals surface area contributed by atoms with E-state index in [0.717, 1.165) is 0 Å². The van der Waals surface area contributed by atoms with Crippen LogP contribution < -0.4 is 10.1 Å². The molecule has 1 atom stereocenters. The van der Waals surface area contributed by atoms with Crippen molar-refractivity contribution in [2.75, 3.05) is 6.86 Å². The molecular formula is C14H15F2N3O4. The molecule has 0 radical (unpaired) electrons. The molecule has 1 aliphatic rings. The van der Waals surface area contributed by atoms with Crippen molar-refractivity contribution in [1.29, 1.82) is 0 Å². The Labute approximate surface area is 130 Å². The van der Waals surface area contributed by atoms with Crippen LogP contribution in [-0.4, -0.2) is 40.2 Å². The number of rotatable bonds is 5. The van der Waals surface area contributed by atoms with E-state index in [-0.39, 0.29) is 17.4 Å². The number of amides is 1. The lowest BCUT2D eigenvalue weighted by Crippen LogP contribution is -2.41. The van der Waals surface area contributed by atoms with Crippen LogP contribution in [-0.2, 0) is 4.79 Å². The molecule has 1 aliphatic heterocycles. The number of alkyl halides is 1. The number of nitrogens with zero attached hydrogens (tertiary/aromatic N) is 2. The Balaban J connectivity index is 2.60. The Morgan fingerprint density at radius 2 is 2.17 bits per heavy atom. The van der Waals surface area contributed by atoms with Crippen LogP contribution in [0.4, 0.5) is 8.78 Å². The third-order valence-electron chi connectivity index (χ3n) is 3.75. The van der Waals surface area contributed by atoms with E-state index in [1.165, 1.54) is 0 Å². The maximum Gasteiger partial charge on any atom is 0.338 e. The molecule has 124 valence electrons. The maximum atomic E-state index is 13.7. The minimum Gasteiger partial charge on any atom is -0.478 e. The highest BCUT2D eigenvalue weighted by molar-refractivity contribution is 6.17. The van der Waals surface area contributed by atoms with Crippen molar-refractivity contribution >= 4 is 17.7 Å². The van der Waals surface area contributed by atoms with Gasteiger partial charge in [0.05, 0.1) is 5.56 Å². The molecule has 0 saturated heterocycles. The third-order valence-corrected chi connectivity index (χ3v) is 3.75. The Kier molecular flexibility index (Phi) is 4.31. The van der Waals surface area contributed by atoms with Crippen LogP contribution in [0.3, 0.4) is 0 Å². The summed E-state index contributed by atoms with van der Waals surface area (Å²) in [6.07, 6.45) is 0. The smallest absolute Gasteiger partial charge is 0.338 e. The number of aromatic nitrogens is 1. The van der Waals surface area contributed by atoms with Crippen molar-refractivity contribution in [3.8, 4) is 5.88 Å². The van der Waals surface area contributed by atoms with Crippen LogP contribution in [0.15, 0.2) is 11.1 Å². The minimum atomic E-state index is -1.46. The van der Waals surface area contributed by atoms with Gasteiger partial charge in [-0.2, -0.15) is 0 Å². The van der Waals surface area contributed by atoms with Crippen LogP contribution in [0.2, 0.25) is 0 Å². The largest absolute Gasteiger partial charge is 0.478 e. The van der Waals surface area contributed by atoms with Crippen molar-refractivity contribution < 1.29 is 28.2 Å². The molecule has 0 bridgehead atoms. The molecule has 0 aliphatic carbocycles. The van der Waals surface area contributed by atoms with Gasteiger partial charge < -0.3 is 15.2 Å². The number of halogens is 2. The number of carboxylic acids is 1. The lowest BCUT2D eigenvalue weighted by molar-refractivity contribution is -0.124. The molecule has 23 heavy (non-hydrogen) atoms. The fraction of sp³-hybridized carbons (Fsp3) is 0.429. The summed E-state index contributed by atoms with van der Waals surface area (Å²) in [6.45, 7) is 3.81. The number of hydrogen-bond acceptors (Lipinski definition) is 5. The molecule has 2 N–H and O–H groups in total. The van der Waals surface area contributed by atoms with E-state index < -0.39 is 41.5 Å². The van der Waals surface area contributed by atoms with Gasteiger partial charge in [-0.3, -0.25) is 4.79 Å². The molecule has 1 amide bonds. The molecule has 1 unspecified atom stereocenters. The third kappa shape index (κ3) is 2.86. The molecule has 0 saturated carbocycles. The molecule has 1 aromatic heterocycles. The van der Waals surface area contributed by atoms with Gasteiger partial charge in [0, 0.05) is 0 Å². The zero-order valence-corrected chi connectivity index (χ0v) is 12.7. The number of pyridine rings is 1. The topological polar surface area (TPSA) is 101 Å². The maximum absolute atomic E-state index is 13.7. The van der Waals surface area contributed by atoms with Gasteiger partial charge in [-0.25, -0.2) is 23.6 Å². The highest BCUT2D eigenvalue weighted by atomic mass is 19.1. The molecular weight excluding hydrogens is 312 g/mol. The standard InChI is InChI=1S/C14H15F2N3O4/c1-6(2)14(3)13(22)18-10(19-14)9-7(12(20)21)4-8(16)11(17-9)23-5-15/h4,6H,5H2,1-3H3,(H,20,21)(H,18,19,22). The zero-order chi connectivity index (χ0) is 17.4. The second-order valence-electron chi connectivity index (χ2n) is 5.45. The van der Waals surface area contributed by atoms with Crippen molar-refractivity contribution in [3.63, 3.8) is 0 Å². The second-order valence-corrected chi connectivity index (χ2v) is 5.45. The average molecular weight is 327 g/mol. The monoisotopic (exact) mass is 327 g/mol. The Hall–Kier alpha value is -2.58. The second kappa shape index (κ2) is 5.90. The molecule has 9 heteroatoms. The summed E-state index contributed by atoms with van der Waals surface area (Å²) in [7, 11) is 0. The van der Waals surface area contributed by atoms with E-state index in [9.17, 15) is 23.5 Å². The molecule has 7 nitrogen and oxygen atoms in total. The molecule has 0 fully saturated rings. The number of carbonyl (C=O) groups is 2. The average Bonchev–Trinajstić information content (AvgIpc) is 2.78. The molecule has 0 spiro atoms. The zero-order valence-electron chi connectivity index (χ0n) is 12.7. The van der Waals surface area contributed by atoms with Gasteiger partial charge in [-0.15, -0.1) is 0 Å². The van der Waals surface area contributed by atoms with Gasteiger partial charge in [0.15, 0.2) is 11.7 Å². The van der Waals surface area contributed by atoms with Crippen LogP contribution in [0.1, 0.15) is 36.8 Å².